The summed E-state index contributed by atoms with van der Waals surface area (Å²) in [5.41, 5.74) is 6.08. The van der Waals surface area contributed by atoms with Gasteiger partial charge in [0.1, 0.15) is 11.5 Å². The summed E-state index contributed by atoms with van der Waals surface area (Å²) in [7, 11) is 0. The van der Waals surface area contributed by atoms with Crippen LogP contribution in [0.25, 0.3) is 0 Å². The van der Waals surface area contributed by atoms with Crippen LogP contribution in [0.3, 0.4) is 0 Å². The van der Waals surface area contributed by atoms with E-state index in [2.05, 4.69) is 0 Å². The number of benzene rings is 2. The topological polar surface area (TPSA) is 35.2 Å². The van der Waals surface area contributed by atoms with Crippen LogP contribution in [0.15, 0.2) is 36.4 Å². The van der Waals surface area contributed by atoms with Gasteiger partial charge >= 0.3 is 6.18 Å². The van der Waals surface area contributed by atoms with Crippen LogP contribution in [0, 0.1) is 6.92 Å². The zero-order valence-electron chi connectivity index (χ0n) is 10.5. The van der Waals surface area contributed by atoms with Gasteiger partial charge in [0.05, 0.1) is 16.3 Å². The predicted molar refractivity (Wildman–Crippen MR) is 72.1 cm³/mol. The molecule has 2 rings (SSSR count). The fourth-order valence-corrected chi connectivity index (χ4v) is 1.79. The molecule has 6 heteroatoms. The Hall–Kier alpha value is -1.88. The van der Waals surface area contributed by atoms with E-state index >= 15 is 0 Å². The van der Waals surface area contributed by atoms with Crippen molar-refractivity contribution in [1.82, 2.24) is 0 Å². The maximum atomic E-state index is 12.4. The van der Waals surface area contributed by atoms with Gasteiger partial charge in [-0.15, -0.1) is 0 Å². The van der Waals surface area contributed by atoms with Crippen LogP contribution in [0.1, 0.15) is 11.1 Å². The van der Waals surface area contributed by atoms with Crippen LogP contribution in [-0.2, 0) is 6.18 Å². The minimum absolute atomic E-state index is 0.293. The molecule has 0 amide bonds. The van der Waals surface area contributed by atoms with Gasteiger partial charge in [-0.2, -0.15) is 13.2 Å². The van der Waals surface area contributed by atoms with E-state index < -0.39 is 11.7 Å². The summed E-state index contributed by atoms with van der Waals surface area (Å²) in [6.07, 6.45) is -4.36. The highest BCUT2D eigenvalue weighted by Crippen LogP contribution is 2.34. The summed E-state index contributed by atoms with van der Waals surface area (Å²) in [4.78, 5) is 0. The molecule has 2 nitrogen and oxygen atoms in total. The first-order valence-corrected chi connectivity index (χ1v) is 6.06. The molecule has 0 saturated heterocycles. The Morgan fingerprint density at radius 1 is 1.10 bits per heavy atom. The summed E-state index contributed by atoms with van der Waals surface area (Å²) >= 11 is 5.88. The second-order valence-electron chi connectivity index (χ2n) is 4.26. The fourth-order valence-electron chi connectivity index (χ4n) is 1.63. The van der Waals surface area contributed by atoms with Crippen molar-refractivity contribution in [3.8, 4) is 11.5 Å². The van der Waals surface area contributed by atoms with Crippen LogP contribution < -0.4 is 10.5 Å². The molecular formula is C14H11ClF3NO. The monoisotopic (exact) mass is 301 g/mol. The Kier molecular flexibility index (Phi) is 3.81. The number of aryl methyl sites for hydroxylation is 1. The van der Waals surface area contributed by atoms with Crippen LogP contribution in [0.5, 0.6) is 11.5 Å². The van der Waals surface area contributed by atoms with E-state index in [9.17, 15) is 13.2 Å². The van der Waals surface area contributed by atoms with Gasteiger partial charge in [0, 0.05) is 6.07 Å². The minimum atomic E-state index is -4.36. The van der Waals surface area contributed by atoms with Gasteiger partial charge < -0.3 is 10.5 Å². The summed E-state index contributed by atoms with van der Waals surface area (Å²) in [6.45, 7) is 1.77. The van der Waals surface area contributed by atoms with Gasteiger partial charge in [0.15, 0.2) is 0 Å². The molecule has 0 fully saturated rings. The van der Waals surface area contributed by atoms with Crippen LogP contribution in [-0.4, -0.2) is 0 Å². The highest BCUT2D eigenvalue weighted by atomic mass is 35.5. The lowest BCUT2D eigenvalue weighted by Gasteiger charge is -2.12. The van der Waals surface area contributed by atoms with Crippen molar-refractivity contribution in [2.45, 2.75) is 13.1 Å². The average molecular weight is 302 g/mol. The number of rotatable bonds is 2. The molecule has 0 atom stereocenters. The zero-order chi connectivity index (χ0) is 14.9. The van der Waals surface area contributed by atoms with E-state index in [-0.39, 0.29) is 0 Å². The molecule has 0 spiro atoms. The number of nitrogens with two attached hydrogens (primary N) is 1. The maximum absolute atomic E-state index is 12.4. The Morgan fingerprint density at radius 3 is 2.25 bits per heavy atom. The number of ether oxygens (including phenoxy) is 1. The van der Waals surface area contributed by atoms with Gasteiger partial charge in [-0.05, 0) is 42.8 Å². The molecule has 2 aromatic carbocycles. The molecule has 106 valence electrons. The average Bonchev–Trinajstić information content (AvgIpc) is 2.35. The summed E-state index contributed by atoms with van der Waals surface area (Å²) in [5.74, 6) is 0.742. The number of nitrogen functional groups attached to an aromatic ring is 1. The maximum Gasteiger partial charge on any atom is 0.416 e. The number of anilines is 1. The zero-order valence-corrected chi connectivity index (χ0v) is 11.2. The Bertz CT molecular complexity index is 624. The largest absolute Gasteiger partial charge is 0.457 e. The van der Waals surface area contributed by atoms with Crippen molar-refractivity contribution < 1.29 is 17.9 Å². The lowest BCUT2D eigenvalue weighted by molar-refractivity contribution is -0.137. The molecule has 0 aliphatic heterocycles. The van der Waals surface area contributed by atoms with Crippen LogP contribution in [0.4, 0.5) is 18.9 Å². The second kappa shape index (κ2) is 5.25. The normalized spacial score (nSPS) is 11.4. The van der Waals surface area contributed by atoms with Crippen molar-refractivity contribution >= 4 is 17.3 Å². The second-order valence-corrected chi connectivity index (χ2v) is 4.67. The quantitative estimate of drug-likeness (QED) is 0.789. The number of halogens is 4. The van der Waals surface area contributed by atoms with E-state index in [1.54, 1.807) is 13.0 Å². The van der Waals surface area contributed by atoms with E-state index in [1.165, 1.54) is 18.2 Å². The van der Waals surface area contributed by atoms with E-state index in [1.807, 2.05) is 0 Å². The Labute approximate surface area is 118 Å². The lowest BCUT2D eigenvalue weighted by atomic mass is 10.2. The fraction of sp³-hybridized carbons (Fsp3) is 0.143. The minimum Gasteiger partial charge on any atom is -0.457 e. The third-order valence-corrected chi connectivity index (χ3v) is 3.03. The molecule has 0 aliphatic carbocycles. The first-order valence-electron chi connectivity index (χ1n) is 5.68. The molecule has 0 aromatic heterocycles. The molecule has 0 aliphatic rings. The van der Waals surface area contributed by atoms with E-state index in [4.69, 9.17) is 22.1 Å². The van der Waals surface area contributed by atoms with Gasteiger partial charge in [0.2, 0.25) is 0 Å². The van der Waals surface area contributed by atoms with Crippen molar-refractivity contribution in [2.24, 2.45) is 0 Å². The Balaban J connectivity index is 2.25. The molecule has 0 radical (unpaired) electrons. The Morgan fingerprint density at radius 2 is 1.70 bits per heavy atom. The van der Waals surface area contributed by atoms with Crippen molar-refractivity contribution in [2.75, 3.05) is 5.73 Å². The lowest BCUT2D eigenvalue weighted by Crippen LogP contribution is -2.04. The van der Waals surface area contributed by atoms with Crippen molar-refractivity contribution in [3.05, 3.63) is 52.5 Å². The molecule has 2 N–H and O–H groups in total. The van der Waals surface area contributed by atoms with Gasteiger partial charge in [0.25, 0.3) is 0 Å². The SMILES string of the molecule is Cc1cc(N)c(Cl)cc1Oc1ccc(C(F)(F)F)cc1. The predicted octanol–water partition coefficient (Wildman–Crippen LogP) is 5.04. The molecule has 2 aromatic rings. The molecule has 0 saturated carbocycles. The summed E-state index contributed by atoms with van der Waals surface area (Å²) in [5, 5.41) is 0.331. The molecule has 20 heavy (non-hydrogen) atoms. The smallest absolute Gasteiger partial charge is 0.416 e. The van der Waals surface area contributed by atoms with Crippen molar-refractivity contribution in [1.29, 1.82) is 0 Å². The van der Waals surface area contributed by atoms with Gasteiger partial charge in [-0.25, -0.2) is 0 Å². The highest BCUT2D eigenvalue weighted by molar-refractivity contribution is 6.33. The van der Waals surface area contributed by atoms with Crippen molar-refractivity contribution in [3.63, 3.8) is 0 Å². The number of hydrogen-bond donors (Lipinski definition) is 1. The molecular weight excluding hydrogens is 291 g/mol. The third kappa shape index (κ3) is 3.17. The number of hydrogen-bond acceptors (Lipinski definition) is 2. The van der Waals surface area contributed by atoms with Crippen LogP contribution in [0.2, 0.25) is 5.02 Å². The van der Waals surface area contributed by atoms with Gasteiger partial charge in [-0.3, -0.25) is 0 Å². The standard InChI is InChI=1S/C14H11ClF3NO/c1-8-6-12(19)11(15)7-13(8)20-10-4-2-9(3-5-10)14(16,17)18/h2-7H,19H2,1H3. The summed E-state index contributed by atoms with van der Waals surface area (Å²) in [6, 6.07) is 7.61. The van der Waals surface area contributed by atoms with Crippen LogP contribution >= 0.6 is 11.6 Å². The third-order valence-electron chi connectivity index (χ3n) is 2.70. The first kappa shape index (κ1) is 14.5. The summed E-state index contributed by atoms with van der Waals surface area (Å²) < 4.78 is 42.8. The molecule has 0 bridgehead atoms. The van der Waals surface area contributed by atoms with E-state index in [0.29, 0.717) is 22.2 Å². The first-order chi connectivity index (χ1) is 9.27. The molecule has 0 heterocycles. The number of alkyl halides is 3. The van der Waals surface area contributed by atoms with Gasteiger partial charge in [-0.1, -0.05) is 11.6 Å². The highest BCUT2D eigenvalue weighted by Gasteiger charge is 2.30. The molecule has 0 unspecified atom stereocenters. The van der Waals surface area contributed by atoms with E-state index in [0.717, 1.165) is 17.7 Å².